The summed E-state index contributed by atoms with van der Waals surface area (Å²) in [4.78, 5) is 13.7. The summed E-state index contributed by atoms with van der Waals surface area (Å²) >= 11 is 0. The van der Waals surface area contributed by atoms with Gasteiger partial charge in [0.25, 0.3) is 0 Å². The second kappa shape index (κ2) is 10.2. The van der Waals surface area contributed by atoms with Crippen molar-refractivity contribution in [2.75, 3.05) is 7.11 Å². The quantitative estimate of drug-likeness (QED) is 0.375. The number of allylic oxidation sites excluding steroid dienone is 2. The molecule has 9 heteroatoms. The highest BCUT2D eigenvalue weighted by Gasteiger charge is 2.38. The summed E-state index contributed by atoms with van der Waals surface area (Å²) in [5, 5.41) is 41.7. The molecule has 0 aliphatic carbocycles. The Labute approximate surface area is 207 Å². The Hall–Kier alpha value is -3.53. The van der Waals surface area contributed by atoms with E-state index < -0.39 is 35.8 Å². The first-order valence-electron chi connectivity index (χ1n) is 11.6. The van der Waals surface area contributed by atoms with Gasteiger partial charge in [-0.05, 0) is 51.5 Å². The highest BCUT2D eigenvalue weighted by atomic mass is 16.7. The van der Waals surface area contributed by atoms with Gasteiger partial charge in [-0.3, -0.25) is 4.79 Å². The average Bonchev–Trinajstić information content (AvgIpc) is 2.83. The standard InChI is InChI=1S/C27H30O9/c1-13(2)5-10-17-18(28)12-19(29)21-23(32)26(36-27-22(31)20(30)11-14(3)34-27)24(35-25(17)21)15-6-8-16(33-4)9-7-15/h5-9,12,14,20,22,27-31H,10-11H2,1-4H3/t14?,20?,22?,27-/m0/s1. The third-order valence-corrected chi connectivity index (χ3v) is 6.10. The number of benzene rings is 2. The number of rotatable bonds is 6. The molecule has 1 saturated heterocycles. The SMILES string of the molecule is COc1ccc(-c2oc3c(CC=C(C)C)c(O)cc(O)c3c(=O)c2O[C@@H]2OC(C)CC(O)C2O)cc1. The van der Waals surface area contributed by atoms with E-state index in [1.807, 2.05) is 19.9 Å². The number of methoxy groups -OCH3 is 1. The first-order valence-corrected chi connectivity index (χ1v) is 11.6. The molecular weight excluding hydrogens is 468 g/mol. The van der Waals surface area contributed by atoms with Crippen molar-refractivity contribution >= 4 is 11.0 Å². The second-order valence-electron chi connectivity index (χ2n) is 9.13. The molecular formula is C27H30O9. The topological polar surface area (TPSA) is 139 Å². The monoisotopic (exact) mass is 498 g/mol. The maximum absolute atomic E-state index is 13.7. The first-order chi connectivity index (χ1) is 17.1. The number of aliphatic hydroxyl groups excluding tert-OH is 2. The van der Waals surface area contributed by atoms with Crippen LogP contribution in [-0.2, 0) is 11.2 Å². The Morgan fingerprint density at radius 2 is 1.83 bits per heavy atom. The van der Waals surface area contributed by atoms with Gasteiger partial charge in [0.1, 0.15) is 34.3 Å². The van der Waals surface area contributed by atoms with Crippen molar-refractivity contribution in [3.63, 3.8) is 0 Å². The molecule has 1 aliphatic heterocycles. The third kappa shape index (κ3) is 4.90. The molecule has 4 atom stereocenters. The molecule has 4 rings (SSSR count). The molecule has 3 unspecified atom stereocenters. The van der Waals surface area contributed by atoms with Crippen LogP contribution in [0.25, 0.3) is 22.3 Å². The van der Waals surface area contributed by atoms with E-state index in [9.17, 15) is 25.2 Å². The van der Waals surface area contributed by atoms with Gasteiger partial charge in [0, 0.05) is 23.6 Å². The largest absolute Gasteiger partial charge is 0.507 e. The van der Waals surface area contributed by atoms with Gasteiger partial charge >= 0.3 is 0 Å². The normalized spacial score (nSPS) is 21.8. The van der Waals surface area contributed by atoms with E-state index in [2.05, 4.69) is 0 Å². The number of ether oxygens (including phenoxy) is 3. The molecule has 1 aliphatic rings. The maximum Gasteiger partial charge on any atom is 0.239 e. The van der Waals surface area contributed by atoms with E-state index in [0.717, 1.165) is 11.6 Å². The van der Waals surface area contributed by atoms with E-state index >= 15 is 0 Å². The lowest BCUT2D eigenvalue weighted by Crippen LogP contribution is -2.50. The van der Waals surface area contributed by atoms with Crippen molar-refractivity contribution in [3.8, 4) is 34.3 Å². The molecule has 0 radical (unpaired) electrons. The minimum atomic E-state index is -1.42. The molecule has 192 valence electrons. The van der Waals surface area contributed by atoms with E-state index in [1.165, 1.54) is 7.11 Å². The highest BCUT2D eigenvalue weighted by molar-refractivity contribution is 5.91. The van der Waals surface area contributed by atoms with Crippen LogP contribution in [0.1, 0.15) is 32.8 Å². The maximum atomic E-state index is 13.7. The van der Waals surface area contributed by atoms with Crippen LogP contribution >= 0.6 is 0 Å². The van der Waals surface area contributed by atoms with Crippen molar-refractivity contribution in [2.24, 2.45) is 0 Å². The Bertz CT molecular complexity index is 1340. The number of hydrogen-bond acceptors (Lipinski definition) is 9. The van der Waals surface area contributed by atoms with Crippen molar-refractivity contribution in [1.82, 2.24) is 0 Å². The summed E-state index contributed by atoms with van der Waals surface area (Å²) in [7, 11) is 1.52. The van der Waals surface area contributed by atoms with Gasteiger partial charge < -0.3 is 39.1 Å². The third-order valence-electron chi connectivity index (χ3n) is 6.10. The van der Waals surface area contributed by atoms with E-state index in [4.69, 9.17) is 18.6 Å². The Morgan fingerprint density at radius 1 is 1.14 bits per heavy atom. The van der Waals surface area contributed by atoms with Crippen LogP contribution in [-0.4, -0.2) is 52.1 Å². The zero-order chi connectivity index (χ0) is 26.1. The van der Waals surface area contributed by atoms with Gasteiger partial charge in [0.15, 0.2) is 5.76 Å². The van der Waals surface area contributed by atoms with Crippen LogP contribution in [0, 0.1) is 0 Å². The van der Waals surface area contributed by atoms with Crippen molar-refractivity contribution in [3.05, 3.63) is 57.8 Å². The Balaban J connectivity index is 1.97. The minimum absolute atomic E-state index is 0.00196. The molecule has 1 aromatic heterocycles. The summed E-state index contributed by atoms with van der Waals surface area (Å²) in [5.74, 6) is -0.444. The summed E-state index contributed by atoms with van der Waals surface area (Å²) < 4.78 is 22.9. The smallest absolute Gasteiger partial charge is 0.239 e. The lowest BCUT2D eigenvalue weighted by molar-refractivity contribution is -0.231. The molecule has 0 saturated carbocycles. The Kier molecular flexibility index (Phi) is 7.26. The van der Waals surface area contributed by atoms with Gasteiger partial charge in [-0.2, -0.15) is 0 Å². The fourth-order valence-electron chi connectivity index (χ4n) is 4.15. The number of aliphatic hydroxyl groups is 2. The van der Waals surface area contributed by atoms with E-state index in [1.54, 1.807) is 31.2 Å². The van der Waals surface area contributed by atoms with Crippen molar-refractivity contribution in [1.29, 1.82) is 0 Å². The molecule has 9 nitrogen and oxygen atoms in total. The molecule has 36 heavy (non-hydrogen) atoms. The van der Waals surface area contributed by atoms with Crippen LogP contribution in [0.4, 0.5) is 0 Å². The first kappa shape index (κ1) is 25.6. The highest BCUT2D eigenvalue weighted by Crippen LogP contribution is 2.40. The summed E-state index contributed by atoms with van der Waals surface area (Å²) in [6.07, 6.45) is -2.01. The van der Waals surface area contributed by atoms with Crippen molar-refractivity contribution in [2.45, 2.75) is 58.2 Å². The fourth-order valence-corrected chi connectivity index (χ4v) is 4.15. The predicted molar refractivity (Wildman–Crippen MR) is 133 cm³/mol. The van der Waals surface area contributed by atoms with Crippen LogP contribution < -0.4 is 14.9 Å². The number of phenolic OH excluding ortho intramolecular Hbond substituents is 2. The number of fused-ring (bicyclic) bond motifs is 1. The van der Waals surface area contributed by atoms with Crippen molar-refractivity contribution < 1.29 is 39.1 Å². The van der Waals surface area contributed by atoms with Gasteiger partial charge in [-0.15, -0.1) is 0 Å². The van der Waals surface area contributed by atoms with E-state index in [-0.39, 0.29) is 41.1 Å². The summed E-state index contributed by atoms with van der Waals surface area (Å²) in [5.41, 5.74) is 1.04. The molecule has 0 amide bonds. The molecule has 2 aromatic carbocycles. The molecule has 0 bridgehead atoms. The molecule has 0 spiro atoms. The van der Waals surface area contributed by atoms with Gasteiger partial charge in [-0.1, -0.05) is 11.6 Å². The lowest BCUT2D eigenvalue weighted by atomic mass is 10.0. The molecule has 3 aromatic rings. The zero-order valence-electron chi connectivity index (χ0n) is 20.5. The number of phenols is 2. The molecule has 2 heterocycles. The van der Waals surface area contributed by atoms with Crippen LogP contribution in [0.15, 0.2) is 51.2 Å². The molecule has 1 fully saturated rings. The number of hydrogen-bond donors (Lipinski definition) is 4. The van der Waals surface area contributed by atoms with Gasteiger partial charge in [0.2, 0.25) is 17.5 Å². The van der Waals surface area contributed by atoms with E-state index in [0.29, 0.717) is 16.9 Å². The summed E-state index contributed by atoms with van der Waals surface area (Å²) in [6.45, 7) is 5.51. The fraction of sp³-hybridized carbons (Fsp3) is 0.370. The lowest BCUT2D eigenvalue weighted by Gasteiger charge is -2.35. The minimum Gasteiger partial charge on any atom is -0.507 e. The zero-order valence-corrected chi connectivity index (χ0v) is 20.5. The second-order valence-corrected chi connectivity index (χ2v) is 9.13. The summed E-state index contributed by atoms with van der Waals surface area (Å²) in [6, 6.07) is 7.74. The van der Waals surface area contributed by atoms with Crippen LogP contribution in [0.2, 0.25) is 0 Å². The van der Waals surface area contributed by atoms with Crippen LogP contribution in [0.3, 0.4) is 0 Å². The number of aromatic hydroxyl groups is 2. The van der Waals surface area contributed by atoms with Gasteiger partial charge in [0.05, 0.1) is 19.3 Å². The Morgan fingerprint density at radius 3 is 2.47 bits per heavy atom. The van der Waals surface area contributed by atoms with Crippen LogP contribution in [0.5, 0.6) is 23.0 Å². The average molecular weight is 499 g/mol. The predicted octanol–water partition coefficient (Wildman–Crippen LogP) is 3.62. The van der Waals surface area contributed by atoms with Gasteiger partial charge in [-0.25, -0.2) is 0 Å². The molecule has 4 N–H and O–H groups in total.